The number of aromatic nitrogens is 2. The van der Waals surface area contributed by atoms with E-state index >= 15 is 0 Å². The van der Waals surface area contributed by atoms with E-state index in [1.54, 1.807) is 16.7 Å². The van der Waals surface area contributed by atoms with Crippen molar-refractivity contribution in [3.63, 3.8) is 0 Å². The van der Waals surface area contributed by atoms with Crippen LogP contribution in [-0.2, 0) is 11.2 Å². The minimum Gasteiger partial charge on any atom is -0.450 e. The molecule has 1 aliphatic heterocycles. The van der Waals surface area contributed by atoms with Crippen LogP contribution >= 0.6 is 0 Å². The highest BCUT2D eigenvalue weighted by molar-refractivity contribution is 5.75. The van der Waals surface area contributed by atoms with Crippen molar-refractivity contribution >= 4 is 29.1 Å². The fourth-order valence-electron chi connectivity index (χ4n) is 3.45. The lowest BCUT2D eigenvalue weighted by Gasteiger charge is -2.34. The maximum absolute atomic E-state index is 11.9. The standard InChI is InChI=1S/C21H28N6O4/c1-3-5-6-16-7-9-17(10-8-16)24-19-18(27(29)30)20(23-15-22-19)25-11-13-26(14-12-25)21(28)31-4-2/h7-10,15H,3-6,11-14H2,1-2H3,(H,22,23,24). The molecule has 1 amide bonds. The van der Waals surface area contributed by atoms with Crippen molar-refractivity contribution in [2.45, 2.75) is 33.1 Å². The van der Waals surface area contributed by atoms with E-state index in [0.717, 1.165) is 24.9 Å². The second kappa shape index (κ2) is 10.6. The second-order valence-corrected chi connectivity index (χ2v) is 7.25. The van der Waals surface area contributed by atoms with E-state index in [1.807, 2.05) is 24.3 Å². The molecule has 0 saturated carbocycles. The van der Waals surface area contributed by atoms with Crippen LogP contribution in [0.2, 0.25) is 0 Å². The Kier molecular flexibility index (Phi) is 7.58. The molecule has 2 aromatic rings. The lowest BCUT2D eigenvalue weighted by molar-refractivity contribution is -0.383. The van der Waals surface area contributed by atoms with Crippen molar-refractivity contribution in [1.29, 1.82) is 0 Å². The number of piperazine rings is 1. The summed E-state index contributed by atoms with van der Waals surface area (Å²) in [6, 6.07) is 7.82. The smallest absolute Gasteiger partial charge is 0.409 e. The van der Waals surface area contributed by atoms with Crippen LogP contribution in [0.3, 0.4) is 0 Å². The van der Waals surface area contributed by atoms with Crippen LogP contribution in [0.15, 0.2) is 30.6 Å². The van der Waals surface area contributed by atoms with Gasteiger partial charge in [-0.05, 0) is 37.5 Å². The summed E-state index contributed by atoms with van der Waals surface area (Å²) in [5.74, 6) is 0.384. The molecular formula is C21H28N6O4. The van der Waals surface area contributed by atoms with Crippen molar-refractivity contribution in [2.24, 2.45) is 0 Å². The number of nitrogens with one attached hydrogen (secondary N) is 1. The molecule has 0 atom stereocenters. The lowest BCUT2D eigenvalue weighted by Crippen LogP contribution is -2.49. The summed E-state index contributed by atoms with van der Waals surface area (Å²) < 4.78 is 5.02. The van der Waals surface area contributed by atoms with Gasteiger partial charge in [0.1, 0.15) is 6.33 Å². The average molecular weight is 428 g/mol. The van der Waals surface area contributed by atoms with Gasteiger partial charge in [0, 0.05) is 31.9 Å². The van der Waals surface area contributed by atoms with Crippen molar-refractivity contribution in [3.8, 4) is 0 Å². The number of rotatable bonds is 8. The Labute approximate surface area is 181 Å². The zero-order valence-corrected chi connectivity index (χ0v) is 17.9. The number of benzene rings is 1. The third-order valence-electron chi connectivity index (χ3n) is 5.13. The number of anilines is 3. The molecule has 1 aromatic carbocycles. The average Bonchev–Trinajstić information content (AvgIpc) is 2.78. The number of unbranched alkanes of at least 4 members (excludes halogenated alkanes) is 1. The van der Waals surface area contributed by atoms with Gasteiger partial charge < -0.3 is 19.9 Å². The monoisotopic (exact) mass is 428 g/mol. The number of carbonyl (C=O) groups excluding carboxylic acids is 1. The molecule has 1 aliphatic rings. The molecule has 0 radical (unpaired) electrons. The van der Waals surface area contributed by atoms with Gasteiger partial charge in [0.2, 0.25) is 11.6 Å². The van der Waals surface area contributed by atoms with E-state index in [1.165, 1.54) is 11.9 Å². The topological polar surface area (TPSA) is 114 Å². The summed E-state index contributed by atoms with van der Waals surface area (Å²) in [7, 11) is 0. The zero-order chi connectivity index (χ0) is 22.2. The SMILES string of the molecule is CCCCc1ccc(Nc2ncnc(N3CCN(C(=O)OCC)CC3)c2[N+](=O)[O-])cc1. The molecule has 31 heavy (non-hydrogen) atoms. The summed E-state index contributed by atoms with van der Waals surface area (Å²) in [5, 5.41) is 14.9. The Morgan fingerprint density at radius 3 is 2.48 bits per heavy atom. The first-order valence-corrected chi connectivity index (χ1v) is 10.6. The summed E-state index contributed by atoms with van der Waals surface area (Å²) in [6.07, 6.45) is 4.20. The first kappa shape index (κ1) is 22.3. The van der Waals surface area contributed by atoms with Crippen molar-refractivity contribution < 1.29 is 14.5 Å². The Morgan fingerprint density at radius 1 is 1.16 bits per heavy atom. The normalized spacial score (nSPS) is 13.7. The molecule has 0 spiro atoms. The van der Waals surface area contributed by atoms with E-state index in [4.69, 9.17) is 4.74 Å². The highest BCUT2D eigenvalue weighted by Crippen LogP contribution is 2.34. The maximum atomic E-state index is 11.9. The molecule has 1 N–H and O–H groups in total. The number of ether oxygens (including phenoxy) is 1. The minimum atomic E-state index is -0.467. The predicted octanol–water partition coefficient (Wildman–Crippen LogP) is 3.75. The third kappa shape index (κ3) is 5.59. The van der Waals surface area contributed by atoms with E-state index < -0.39 is 4.92 Å². The van der Waals surface area contributed by atoms with Crippen LogP contribution in [0.1, 0.15) is 32.3 Å². The highest BCUT2D eigenvalue weighted by atomic mass is 16.6. The van der Waals surface area contributed by atoms with Gasteiger partial charge in [-0.2, -0.15) is 0 Å². The third-order valence-corrected chi connectivity index (χ3v) is 5.13. The summed E-state index contributed by atoms with van der Waals surface area (Å²) in [4.78, 5) is 35.0. The number of hydrogen-bond donors (Lipinski definition) is 1. The number of aryl methyl sites for hydroxylation is 1. The van der Waals surface area contributed by atoms with Crippen molar-refractivity contribution in [3.05, 3.63) is 46.3 Å². The number of nitro groups is 1. The Balaban J connectivity index is 1.76. The predicted molar refractivity (Wildman–Crippen MR) is 118 cm³/mol. The molecule has 1 saturated heterocycles. The van der Waals surface area contributed by atoms with Crippen molar-refractivity contribution in [1.82, 2.24) is 14.9 Å². The van der Waals surface area contributed by atoms with Gasteiger partial charge in [-0.15, -0.1) is 0 Å². The fourth-order valence-corrected chi connectivity index (χ4v) is 3.45. The maximum Gasteiger partial charge on any atom is 0.409 e. The molecular weight excluding hydrogens is 400 g/mol. The largest absolute Gasteiger partial charge is 0.450 e. The molecule has 0 aliphatic carbocycles. The molecule has 2 heterocycles. The van der Waals surface area contributed by atoms with E-state index in [-0.39, 0.29) is 23.4 Å². The van der Waals surface area contributed by atoms with Crippen LogP contribution in [-0.4, -0.2) is 58.7 Å². The molecule has 10 heteroatoms. The van der Waals surface area contributed by atoms with Crippen LogP contribution in [0.5, 0.6) is 0 Å². The molecule has 166 valence electrons. The van der Waals surface area contributed by atoms with E-state index in [0.29, 0.717) is 32.8 Å². The van der Waals surface area contributed by atoms with Gasteiger partial charge in [0.15, 0.2) is 0 Å². The van der Waals surface area contributed by atoms with Gasteiger partial charge in [0.05, 0.1) is 11.5 Å². The summed E-state index contributed by atoms with van der Waals surface area (Å²) >= 11 is 0. The Morgan fingerprint density at radius 2 is 1.87 bits per heavy atom. The summed E-state index contributed by atoms with van der Waals surface area (Å²) in [6.45, 7) is 5.86. The van der Waals surface area contributed by atoms with Gasteiger partial charge in [0.25, 0.3) is 0 Å². The summed E-state index contributed by atoms with van der Waals surface area (Å²) in [5.41, 5.74) is 1.77. The fraction of sp³-hybridized carbons (Fsp3) is 0.476. The quantitative estimate of drug-likeness (QED) is 0.499. The van der Waals surface area contributed by atoms with Gasteiger partial charge in [-0.25, -0.2) is 14.8 Å². The Bertz CT molecular complexity index is 897. The van der Waals surface area contributed by atoms with Gasteiger partial charge in [-0.3, -0.25) is 10.1 Å². The molecule has 0 bridgehead atoms. The number of nitrogens with zero attached hydrogens (tertiary/aromatic N) is 5. The van der Waals surface area contributed by atoms with Crippen LogP contribution in [0.25, 0.3) is 0 Å². The number of hydrogen-bond acceptors (Lipinski definition) is 8. The highest BCUT2D eigenvalue weighted by Gasteiger charge is 2.30. The van der Waals surface area contributed by atoms with Crippen LogP contribution < -0.4 is 10.2 Å². The molecule has 3 rings (SSSR count). The van der Waals surface area contributed by atoms with E-state index in [2.05, 4.69) is 22.2 Å². The van der Waals surface area contributed by atoms with Crippen molar-refractivity contribution in [2.75, 3.05) is 43.0 Å². The molecule has 1 aromatic heterocycles. The molecule has 1 fully saturated rings. The molecule has 10 nitrogen and oxygen atoms in total. The Hall–Kier alpha value is -3.43. The van der Waals surface area contributed by atoms with Crippen LogP contribution in [0, 0.1) is 10.1 Å². The minimum absolute atomic E-state index is 0.143. The first-order valence-electron chi connectivity index (χ1n) is 10.6. The first-order chi connectivity index (χ1) is 15.0. The number of amides is 1. The molecule has 0 unspecified atom stereocenters. The zero-order valence-electron chi connectivity index (χ0n) is 17.9. The van der Waals surface area contributed by atoms with Gasteiger partial charge in [-0.1, -0.05) is 25.5 Å². The lowest BCUT2D eigenvalue weighted by atomic mass is 10.1. The number of carbonyl (C=O) groups is 1. The second-order valence-electron chi connectivity index (χ2n) is 7.25. The van der Waals surface area contributed by atoms with Gasteiger partial charge >= 0.3 is 11.8 Å². The van der Waals surface area contributed by atoms with Crippen LogP contribution in [0.4, 0.5) is 27.8 Å². The van der Waals surface area contributed by atoms with E-state index in [9.17, 15) is 14.9 Å².